The Balaban J connectivity index is 3.37. The van der Waals surface area contributed by atoms with Crippen LogP contribution in [0.25, 0.3) is 0 Å². The quantitative estimate of drug-likeness (QED) is 0.580. The first-order valence-electron chi connectivity index (χ1n) is 3.89. The molecule has 0 radical (unpaired) electrons. The van der Waals surface area contributed by atoms with Crippen molar-refractivity contribution in [3.63, 3.8) is 0 Å². The van der Waals surface area contributed by atoms with Crippen LogP contribution in [0.1, 0.15) is 17.7 Å². The van der Waals surface area contributed by atoms with Crippen molar-refractivity contribution in [3.05, 3.63) is 27.4 Å². The van der Waals surface area contributed by atoms with Crippen molar-refractivity contribution >= 4 is 11.5 Å². The molecule has 15 heavy (non-hydrogen) atoms. The van der Waals surface area contributed by atoms with E-state index in [0.29, 0.717) is 6.07 Å². The van der Waals surface area contributed by atoms with Crippen LogP contribution in [0.5, 0.6) is 0 Å². The Kier molecular flexibility index (Phi) is 3.10. The molecule has 8 heteroatoms. The maximum absolute atomic E-state index is 12.3. The number of anilines is 1. The number of hydrogen-bond donors (Lipinski definition) is 2. The second-order valence-electron chi connectivity index (χ2n) is 2.69. The molecule has 0 aliphatic rings. The molecular weight excluding hydrogens is 210 g/mol. The van der Waals surface area contributed by atoms with Gasteiger partial charge in [0.2, 0.25) is 0 Å². The molecule has 0 aliphatic carbocycles. The normalized spacial score (nSPS) is 10.7. The monoisotopic (exact) mass is 218 g/mol. The summed E-state index contributed by atoms with van der Waals surface area (Å²) in [5.41, 5.74) is 9.07. The average Bonchev–Trinajstić information content (AvgIpc) is 2.16. The van der Waals surface area contributed by atoms with Crippen LogP contribution < -0.4 is 11.5 Å². The highest BCUT2D eigenvalue weighted by atomic mass is 19.3. The van der Waals surface area contributed by atoms with Gasteiger partial charge in [-0.1, -0.05) is 0 Å². The second-order valence-corrected chi connectivity index (χ2v) is 2.69. The molecule has 0 aliphatic heterocycles. The van der Waals surface area contributed by atoms with Gasteiger partial charge in [0.25, 0.3) is 12.1 Å². The number of halogens is 2. The average molecular weight is 218 g/mol. The van der Waals surface area contributed by atoms with Crippen LogP contribution in [0.2, 0.25) is 0 Å². The molecule has 0 aromatic carbocycles. The minimum atomic E-state index is -2.90. The van der Waals surface area contributed by atoms with Crippen LogP contribution in [0.15, 0.2) is 6.07 Å². The highest BCUT2D eigenvalue weighted by Gasteiger charge is 2.22. The molecule has 0 saturated heterocycles. The zero-order chi connectivity index (χ0) is 11.6. The van der Waals surface area contributed by atoms with Crippen molar-refractivity contribution in [2.45, 2.75) is 13.0 Å². The summed E-state index contributed by atoms with van der Waals surface area (Å²) >= 11 is 0. The minimum Gasteiger partial charge on any atom is -0.383 e. The number of aromatic nitrogens is 1. The molecule has 6 nitrogen and oxygen atoms in total. The topological polar surface area (TPSA) is 108 Å². The number of nitro groups is 1. The lowest BCUT2D eigenvalue weighted by atomic mass is 10.2. The van der Waals surface area contributed by atoms with Crippen LogP contribution in [0.4, 0.5) is 20.3 Å². The molecule has 1 rings (SSSR count). The summed E-state index contributed by atoms with van der Waals surface area (Å²) in [5, 5.41) is 10.5. The highest BCUT2D eigenvalue weighted by Crippen LogP contribution is 2.29. The Morgan fingerprint density at radius 3 is 2.60 bits per heavy atom. The van der Waals surface area contributed by atoms with E-state index < -0.39 is 28.4 Å². The Morgan fingerprint density at radius 2 is 2.20 bits per heavy atom. The number of nitrogens with zero attached hydrogens (tertiary/aromatic N) is 2. The first-order valence-corrected chi connectivity index (χ1v) is 3.89. The summed E-state index contributed by atoms with van der Waals surface area (Å²) in [4.78, 5) is 13.1. The van der Waals surface area contributed by atoms with Crippen LogP contribution in [0, 0.1) is 10.1 Å². The van der Waals surface area contributed by atoms with Crippen LogP contribution in [-0.4, -0.2) is 9.91 Å². The van der Waals surface area contributed by atoms with E-state index >= 15 is 0 Å². The Hall–Kier alpha value is -1.83. The van der Waals surface area contributed by atoms with E-state index in [2.05, 4.69) is 4.98 Å². The maximum atomic E-state index is 12.3. The van der Waals surface area contributed by atoms with E-state index in [0.717, 1.165) is 0 Å². The Bertz CT molecular complexity index is 397. The lowest BCUT2D eigenvalue weighted by molar-refractivity contribution is -0.386. The third-order valence-corrected chi connectivity index (χ3v) is 1.76. The van der Waals surface area contributed by atoms with Crippen molar-refractivity contribution in [1.82, 2.24) is 4.98 Å². The van der Waals surface area contributed by atoms with Gasteiger partial charge in [-0.2, -0.15) is 0 Å². The van der Waals surface area contributed by atoms with Gasteiger partial charge in [-0.15, -0.1) is 0 Å². The van der Waals surface area contributed by atoms with Gasteiger partial charge in [0.15, 0.2) is 0 Å². The number of pyridine rings is 1. The van der Waals surface area contributed by atoms with Gasteiger partial charge < -0.3 is 11.5 Å². The molecule has 4 N–H and O–H groups in total. The van der Waals surface area contributed by atoms with Crippen molar-refractivity contribution in [1.29, 1.82) is 0 Å². The first-order chi connectivity index (χ1) is 6.97. The first kappa shape index (κ1) is 11.2. The largest absolute Gasteiger partial charge is 0.383 e. The van der Waals surface area contributed by atoms with Crippen molar-refractivity contribution in [2.75, 3.05) is 5.73 Å². The molecule has 1 aromatic rings. The molecule has 0 unspecified atom stereocenters. The summed E-state index contributed by atoms with van der Waals surface area (Å²) < 4.78 is 24.7. The second kappa shape index (κ2) is 4.13. The zero-order valence-corrected chi connectivity index (χ0v) is 7.48. The SMILES string of the molecule is NCc1nc(N)c(C(F)F)cc1[N+](=O)[O-]. The van der Waals surface area contributed by atoms with E-state index in [4.69, 9.17) is 11.5 Å². The Morgan fingerprint density at radius 1 is 1.60 bits per heavy atom. The third-order valence-electron chi connectivity index (χ3n) is 1.76. The fraction of sp³-hybridized carbons (Fsp3) is 0.286. The van der Waals surface area contributed by atoms with Crippen LogP contribution in [-0.2, 0) is 6.54 Å². The summed E-state index contributed by atoms with van der Waals surface area (Å²) in [6, 6.07) is 0.704. The van der Waals surface area contributed by atoms with Gasteiger partial charge in [0, 0.05) is 12.6 Å². The van der Waals surface area contributed by atoms with E-state index in [1.807, 2.05) is 0 Å². The molecule has 1 aromatic heterocycles. The number of nitrogen functional groups attached to an aromatic ring is 1. The summed E-state index contributed by atoms with van der Waals surface area (Å²) in [6.07, 6.45) is -2.90. The Labute approximate surface area is 83.0 Å². The minimum absolute atomic E-state index is 0.109. The molecule has 82 valence electrons. The number of rotatable bonds is 3. The molecule has 0 bridgehead atoms. The summed E-state index contributed by atoms with van der Waals surface area (Å²) in [7, 11) is 0. The predicted octanol–water partition coefficient (Wildman–Crippen LogP) is 0.968. The fourth-order valence-corrected chi connectivity index (χ4v) is 1.05. The van der Waals surface area contributed by atoms with Gasteiger partial charge in [-0.3, -0.25) is 10.1 Å². The van der Waals surface area contributed by atoms with E-state index in [1.165, 1.54) is 0 Å². The smallest absolute Gasteiger partial charge is 0.292 e. The van der Waals surface area contributed by atoms with Gasteiger partial charge in [0.1, 0.15) is 11.5 Å². The molecule has 1 heterocycles. The molecular formula is C7H8F2N4O2. The van der Waals surface area contributed by atoms with Crippen LogP contribution >= 0.6 is 0 Å². The van der Waals surface area contributed by atoms with Crippen molar-refractivity contribution in [2.24, 2.45) is 5.73 Å². The zero-order valence-electron chi connectivity index (χ0n) is 7.48. The van der Waals surface area contributed by atoms with Crippen molar-refractivity contribution in [3.8, 4) is 0 Å². The number of nitrogens with two attached hydrogens (primary N) is 2. The summed E-state index contributed by atoms with van der Waals surface area (Å²) in [5.74, 6) is -0.434. The third kappa shape index (κ3) is 2.15. The van der Waals surface area contributed by atoms with E-state index in [1.54, 1.807) is 0 Å². The van der Waals surface area contributed by atoms with Crippen LogP contribution in [0.3, 0.4) is 0 Å². The molecule has 0 amide bonds. The lowest BCUT2D eigenvalue weighted by Crippen LogP contribution is -2.09. The molecule has 0 saturated carbocycles. The standard InChI is InChI=1S/C7H8F2N4O2/c8-6(9)3-1-5(13(14)15)4(2-10)12-7(3)11/h1,6H,2,10H2,(H2,11,12). The fourth-order valence-electron chi connectivity index (χ4n) is 1.05. The summed E-state index contributed by atoms with van der Waals surface area (Å²) in [6.45, 7) is -0.232. The van der Waals surface area contributed by atoms with E-state index in [-0.39, 0.29) is 12.2 Å². The van der Waals surface area contributed by atoms with Gasteiger partial charge >= 0.3 is 0 Å². The van der Waals surface area contributed by atoms with Gasteiger partial charge in [0.05, 0.1) is 10.5 Å². The van der Waals surface area contributed by atoms with Gasteiger partial charge in [-0.05, 0) is 0 Å². The highest BCUT2D eigenvalue weighted by molar-refractivity contribution is 5.50. The number of alkyl halides is 2. The molecule has 0 spiro atoms. The molecule has 0 atom stereocenters. The lowest BCUT2D eigenvalue weighted by Gasteiger charge is -2.06. The van der Waals surface area contributed by atoms with E-state index in [9.17, 15) is 18.9 Å². The van der Waals surface area contributed by atoms with Crippen molar-refractivity contribution < 1.29 is 13.7 Å². The van der Waals surface area contributed by atoms with Gasteiger partial charge in [-0.25, -0.2) is 13.8 Å². The maximum Gasteiger partial charge on any atom is 0.292 e. The predicted molar refractivity (Wildman–Crippen MR) is 48.2 cm³/mol. The number of hydrogen-bond acceptors (Lipinski definition) is 5. The molecule has 0 fully saturated rings.